The van der Waals surface area contributed by atoms with Crippen molar-refractivity contribution in [1.82, 2.24) is 0 Å². The smallest absolute Gasteiger partial charge is 0.163 e. The molecule has 19 heavy (non-hydrogen) atoms. The van der Waals surface area contributed by atoms with Gasteiger partial charge in [0.1, 0.15) is 5.75 Å². The van der Waals surface area contributed by atoms with Gasteiger partial charge >= 0.3 is 0 Å². The van der Waals surface area contributed by atoms with Crippen LogP contribution in [0, 0.1) is 0 Å². The van der Waals surface area contributed by atoms with Gasteiger partial charge in [-0.1, -0.05) is 12.1 Å². The van der Waals surface area contributed by atoms with Crippen LogP contribution in [0.5, 0.6) is 5.75 Å². The summed E-state index contributed by atoms with van der Waals surface area (Å²) in [6, 6.07) is 7.44. The normalized spacial score (nSPS) is 18.5. The summed E-state index contributed by atoms with van der Waals surface area (Å²) in [6.45, 7) is 3.45. The highest BCUT2D eigenvalue weighted by molar-refractivity contribution is 5.96. The van der Waals surface area contributed by atoms with Gasteiger partial charge in [0.05, 0.1) is 12.7 Å². The van der Waals surface area contributed by atoms with E-state index >= 15 is 0 Å². The quantitative estimate of drug-likeness (QED) is 0.704. The van der Waals surface area contributed by atoms with Gasteiger partial charge in [0.25, 0.3) is 0 Å². The third-order valence-electron chi connectivity index (χ3n) is 3.42. The lowest BCUT2D eigenvalue weighted by Gasteiger charge is -2.09. The predicted octanol–water partition coefficient (Wildman–Crippen LogP) is 3.62. The highest BCUT2D eigenvalue weighted by Gasteiger charge is 2.15. The summed E-state index contributed by atoms with van der Waals surface area (Å²) in [6.07, 6.45) is 5.18. The third-order valence-corrected chi connectivity index (χ3v) is 3.42. The molecule has 0 bridgehead atoms. The Labute approximate surface area is 114 Å². The Morgan fingerprint density at radius 2 is 2.37 bits per heavy atom. The monoisotopic (exact) mass is 262 g/mol. The van der Waals surface area contributed by atoms with E-state index in [0.717, 1.165) is 43.6 Å². The van der Waals surface area contributed by atoms with E-state index in [1.807, 2.05) is 31.2 Å². The maximum absolute atomic E-state index is 12.1. The molecule has 1 aromatic carbocycles. The number of hydrogen-bond donors (Lipinski definition) is 0. The standard InChI is InChI=1S/C16H22O3/c1-2-18-15-8-3-6-13(12-15)16(17)10-4-7-14-9-5-11-19-14/h3,6,8,12,14H,2,4-5,7,9-11H2,1H3. The van der Waals surface area contributed by atoms with Crippen molar-refractivity contribution in [3.8, 4) is 5.75 Å². The fraction of sp³-hybridized carbons (Fsp3) is 0.562. The highest BCUT2D eigenvalue weighted by Crippen LogP contribution is 2.19. The Morgan fingerprint density at radius 3 is 3.11 bits per heavy atom. The van der Waals surface area contributed by atoms with Crippen LogP contribution >= 0.6 is 0 Å². The molecule has 0 saturated carbocycles. The van der Waals surface area contributed by atoms with E-state index in [1.54, 1.807) is 0 Å². The molecule has 3 heteroatoms. The molecular weight excluding hydrogens is 240 g/mol. The van der Waals surface area contributed by atoms with Crippen LogP contribution < -0.4 is 4.74 Å². The molecule has 1 fully saturated rings. The Bertz CT molecular complexity index is 408. The molecule has 0 spiro atoms. The number of carbonyl (C=O) groups is 1. The molecule has 1 unspecified atom stereocenters. The van der Waals surface area contributed by atoms with E-state index in [9.17, 15) is 4.79 Å². The van der Waals surface area contributed by atoms with Crippen LogP contribution in [0.25, 0.3) is 0 Å². The molecule has 104 valence electrons. The first-order valence-corrected chi connectivity index (χ1v) is 7.17. The van der Waals surface area contributed by atoms with Gasteiger partial charge in [-0.15, -0.1) is 0 Å². The predicted molar refractivity (Wildman–Crippen MR) is 74.8 cm³/mol. The van der Waals surface area contributed by atoms with E-state index in [0.29, 0.717) is 19.1 Å². The molecule has 2 rings (SSSR count). The summed E-state index contributed by atoms with van der Waals surface area (Å²) in [5.74, 6) is 0.965. The molecule has 1 aromatic rings. The zero-order valence-corrected chi connectivity index (χ0v) is 11.6. The second-order valence-corrected chi connectivity index (χ2v) is 4.91. The molecular formula is C16H22O3. The van der Waals surface area contributed by atoms with Gasteiger partial charge < -0.3 is 9.47 Å². The van der Waals surface area contributed by atoms with Crippen molar-refractivity contribution in [2.24, 2.45) is 0 Å². The summed E-state index contributed by atoms with van der Waals surface area (Å²) in [7, 11) is 0. The number of Topliss-reactive ketones (excluding diaryl/α,β-unsaturated/α-hetero) is 1. The topological polar surface area (TPSA) is 35.5 Å². The second-order valence-electron chi connectivity index (χ2n) is 4.91. The minimum Gasteiger partial charge on any atom is -0.494 e. The van der Waals surface area contributed by atoms with Gasteiger partial charge in [-0.3, -0.25) is 4.79 Å². The van der Waals surface area contributed by atoms with Gasteiger partial charge in [-0.05, 0) is 44.7 Å². The lowest BCUT2D eigenvalue weighted by atomic mass is 10.0. The van der Waals surface area contributed by atoms with Crippen LogP contribution in [0.2, 0.25) is 0 Å². The molecule has 0 amide bonds. The van der Waals surface area contributed by atoms with E-state index in [2.05, 4.69) is 0 Å². The van der Waals surface area contributed by atoms with Gasteiger partial charge in [0.15, 0.2) is 5.78 Å². The third kappa shape index (κ3) is 4.35. The first kappa shape index (κ1) is 14.1. The molecule has 3 nitrogen and oxygen atoms in total. The fourth-order valence-electron chi connectivity index (χ4n) is 2.43. The largest absolute Gasteiger partial charge is 0.494 e. The number of ketones is 1. The molecule has 0 radical (unpaired) electrons. The molecule has 1 atom stereocenters. The maximum Gasteiger partial charge on any atom is 0.163 e. The van der Waals surface area contributed by atoms with Crippen molar-refractivity contribution in [2.75, 3.05) is 13.2 Å². The minimum absolute atomic E-state index is 0.194. The molecule has 0 aliphatic carbocycles. The molecule has 0 N–H and O–H groups in total. The van der Waals surface area contributed by atoms with E-state index < -0.39 is 0 Å². The minimum atomic E-state index is 0.194. The van der Waals surface area contributed by atoms with Crippen LogP contribution in [0.4, 0.5) is 0 Å². The highest BCUT2D eigenvalue weighted by atomic mass is 16.5. The zero-order valence-electron chi connectivity index (χ0n) is 11.6. The fourth-order valence-corrected chi connectivity index (χ4v) is 2.43. The lowest BCUT2D eigenvalue weighted by Crippen LogP contribution is -2.06. The summed E-state index contributed by atoms with van der Waals surface area (Å²) in [5.41, 5.74) is 0.748. The van der Waals surface area contributed by atoms with E-state index in [1.165, 1.54) is 0 Å². The van der Waals surface area contributed by atoms with Crippen LogP contribution in [-0.4, -0.2) is 25.1 Å². The first-order chi connectivity index (χ1) is 9.29. The Kier molecular flexibility index (Phi) is 5.40. The van der Waals surface area contributed by atoms with Crippen molar-refractivity contribution >= 4 is 5.78 Å². The molecule has 1 saturated heterocycles. The summed E-state index contributed by atoms with van der Waals surface area (Å²) in [4.78, 5) is 12.1. The number of rotatable bonds is 7. The second kappa shape index (κ2) is 7.29. The molecule has 1 aliphatic rings. The number of carbonyl (C=O) groups excluding carboxylic acids is 1. The molecule has 1 heterocycles. The SMILES string of the molecule is CCOc1cccc(C(=O)CCCC2CCCO2)c1. The van der Waals surface area contributed by atoms with Gasteiger partial charge in [-0.2, -0.15) is 0 Å². The van der Waals surface area contributed by atoms with Crippen LogP contribution in [0.15, 0.2) is 24.3 Å². The number of benzene rings is 1. The van der Waals surface area contributed by atoms with Gasteiger partial charge in [-0.25, -0.2) is 0 Å². The first-order valence-electron chi connectivity index (χ1n) is 7.17. The molecule has 0 aromatic heterocycles. The van der Waals surface area contributed by atoms with Crippen LogP contribution in [-0.2, 0) is 4.74 Å². The van der Waals surface area contributed by atoms with Crippen molar-refractivity contribution in [2.45, 2.75) is 45.1 Å². The number of hydrogen-bond acceptors (Lipinski definition) is 3. The van der Waals surface area contributed by atoms with Crippen molar-refractivity contribution in [3.63, 3.8) is 0 Å². The average molecular weight is 262 g/mol. The maximum atomic E-state index is 12.1. The average Bonchev–Trinajstić information content (AvgIpc) is 2.92. The molecule has 1 aliphatic heterocycles. The van der Waals surface area contributed by atoms with Crippen LogP contribution in [0.3, 0.4) is 0 Å². The van der Waals surface area contributed by atoms with E-state index in [-0.39, 0.29) is 5.78 Å². The Hall–Kier alpha value is -1.35. The van der Waals surface area contributed by atoms with Crippen molar-refractivity contribution in [1.29, 1.82) is 0 Å². The van der Waals surface area contributed by atoms with Crippen molar-refractivity contribution < 1.29 is 14.3 Å². The summed E-state index contributed by atoms with van der Waals surface area (Å²) in [5, 5.41) is 0. The van der Waals surface area contributed by atoms with E-state index in [4.69, 9.17) is 9.47 Å². The van der Waals surface area contributed by atoms with Crippen molar-refractivity contribution in [3.05, 3.63) is 29.8 Å². The lowest BCUT2D eigenvalue weighted by molar-refractivity contribution is 0.0922. The summed E-state index contributed by atoms with van der Waals surface area (Å²) < 4.78 is 11.0. The van der Waals surface area contributed by atoms with Crippen LogP contribution in [0.1, 0.15) is 49.4 Å². The Morgan fingerprint density at radius 1 is 1.47 bits per heavy atom. The number of ether oxygens (including phenoxy) is 2. The Balaban J connectivity index is 1.79. The summed E-state index contributed by atoms with van der Waals surface area (Å²) >= 11 is 0. The van der Waals surface area contributed by atoms with Gasteiger partial charge in [0.2, 0.25) is 0 Å². The van der Waals surface area contributed by atoms with Gasteiger partial charge in [0, 0.05) is 18.6 Å². The zero-order chi connectivity index (χ0) is 13.5.